The molecule has 0 saturated carbocycles. The molecule has 1 rings (SSSR count). The highest BCUT2D eigenvalue weighted by molar-refractivity contribution is 7.86. The smallest absolute Gasteiger partial charge is 0.326 e. The van der Waals surface area contributed by atoms with Crippen LogP contribution in [0, 0.1) is 5.92 Å². The van der Waals surface area contributed by atoms with Crippen LogP contribution in [-0.2, 0) is 19.8 Å². The summed E-state index contributed by atoms with van der Waals surface area (Å²) >= 11 is 0. The summed E-state index contributed by atoms with van der Waals surface area (Å²) in [5, 5.41) is 16.6. The van der Waals surface area contributed by atoms with Gasteiger partial charge in [-0.15, -0.1) is 0 Å². The maximum Gasteiger partial charge on any atom is 0.326 e. The first-order valence-corrected chi connectivity index (χ1v) is 8.57. The molecule has 0 aliphatic carbocycles. The van der Waals surface area contributed by atoms with E-state index in [0.29, 0.717) is 19.3 Å². The Labute approximate surface area is 124 Å². The van der Waals surface area contributed by atoms with E-state index in [2.05, 4.69) is 5.32 Å². The van der Waals surface area contributed by atoms with Crippen LogP contribution in [0.5, 0.6) is 0 Å². The first-order valence-electron chi connectivity index (χ1n) is 7.06. The van der Waals surface area contributed by atoms with Crippen molar-refractivity contribution in [2.75, 3.05) is 13.1 Å². The number of carbonyl (C=O) groups is 2. The zero-order chi connectivity index (χ0) is 16.0. The highest BCUT2D eigenvalue weighted by Crippen LogP contribution is 2.19. The molecule has 9 heteroatoms. The van der Waals surface area contributed by atoms with Crippen LogP contribution in [0.2, 0.25) is 0 Å². The van der Waals surface area contributed by atoms with Crippen LogP contribution >= 0.6 is 0 Å². The third kappa shape index (κ3) is 5.60. The lowest BCUT2D eigenvalue weighted by molar-refractivity contribution is -0.142. The number of nitrogens with two attached hydrogens (primary N) is 1. The Balaban J connectivity index is 2.51. The van der Waals surface area contributed by atoms with E-state index in [0.717, 1.165) is 17.1 Å². The van der Waals surface area contributed by atoms with Crippen molar-refractivity contribution in [2.24, 2.45) is 11.1 Å². The van der Waals surface area contributed by atoms with Gasteiger partial charge in [0.15, 0.2) is 0 Å². The van der Waals surface area contributed by atoms with Crippen molar-refractivity contribution < 1.29 is 23.1 Å². The summed E-state index contributed by atoms with van der Waals surface area (Å²) in [6, 6.07) is -0.881. The quantitative estimate of drug-likeness (QED) is 0.590. The number of amides is 1. The number of hydrogen-bond acceptors (Lipinski definition) is 4. The summed E-state index contributed by atoms with van der Waals surface area (Å²) in [5.41, 5.74) is 0. The molecule has 1 heterocycles. The van der Waals surface area contributed by atoms with E-state index in [9.17, 15) is 18.0 Å². The van der Waals surface area contributed by atoms with Gasteiger partial charge < -0.3 is 10.4 Å². The van der Waals surface area contributed by atoms with Gasteiger partial charge in [-0.3, -0.25) is 4.79 Å². The normalized spacial score (nSPS) is 19.1. The fourth-order valence-electron chi connectivity index (χ4n) is 2.33. The molecule has 8 nitrogen and oxygen atoms in total. The molecule has 1 aliphatic rings. The van der Waals surface area contributed by atoms with Crippen LogP contribution in [0.15, 0.2) is 0 Å². The predicted octanol–water partition coefficient (Wildman–Crippen LogP) is -0.338. The summed E-state index contributed by atoms with van der Waals surface area (Å²) in [5.74, 6) is -1.74. The number of carbonyl (C=O) groups excluding carboxylic acids is 1. The zero-order valence-electron chi connectivity index (χ0n) is 12.1. The highest BCUT2D eigenvalue weighted by Gasteiger charge is 2.31. The Bertz CT molecular complexity index is 471. The van der Waals surface area contributed by atoms with Gasteiger partial charge in [-0.2, -0.15) is 12.7 Å². The fourth-order valence-corrected chi connectivity index (χ4v) is 3.05. The molecule has 4 N–H and O–H groups in total. The molecule has 0 aromatic carbocycles. The number of nitrogens with zero attached hydrogens (tertiary/aromatic N) is 1. The minimum atomic E-state index is -3.72. The van der Waals surface area contributed by atoms with Gasteiger partial charge in [0.1, 0.15) is 6.04 Å². The van der Waals surface area contributed by atoms with Crippen LogP contribution in [0.25, 0.3) is 0 Å². The Hall–Kier alpha value is -1.19. The largest absolute Gasteiger partial charge is 0.480 e. The van der Waals surface area contributed by atoms with Gasteiger partial charge in [-0.1, -0.05) is 19.8 Å². The summed E-state index contributed by atoms with van der Waals surface area (Å²) in [6.45, 7) is 2.32. The number of piperidine rings is 1. The maximum atomic E-state index is 12.1. The SMILES string of the molecule is CCCC[C@H](NC(=O)C1CCN(S(N)(=O)=O)CC1)C(=O)O. The van der Waals surface area contributed by atoms with Crippen molar-refractivity contribution in [1.82, 2.24) is 9.62 Å². The van der Waals surface area contributed by atoms with Crippen molar-refractivity contribution >= 4 is 22.1 Å². The van der Waals surface area contributed by atoms with Crippen molar-refractivity contribution in [3.63, 3.8) is 0 Å². The van der Waals surface area contributed by atoms with E-state index in [4.69, 9.17) is 10.2 Å². The van der Waals surface area contributed by atoms with Crippen LogP contribution < -0.4 is 10.5 Å². The second-order valence-electron chi connectivity index (χ2n) is 5.26. The number of nitrogens with one attached hydrogen (secondary N) is 1. The Morgan fingerprint density at radius 3 is 2.38 bits per heavy atom. The average molecular weight is 321 g/mol. The Morgan fingerprint density at radius 1 is 1.38 bits per heavy atom. The van der Waals surface area contributed by atoms with Gasteiger partial charge >= 0.3 is 5.97 Å². The number of rotatable bonds is 7. The first-order chi connectivity index (χ1) is 9.75. The van der Waals surface area contributed by atoms with Gasteiger partial charge in [-0.25, -0.2) is 9.93 Å². The molecule has 21 heavy (non-hydrogen) atoms. The lowest BCUT2D eigenvalue weighted by Crippen LogP contribution is -2.48. The summed E-state index contributed by atoms with van der Waals surface area (Å²) in [4.78, 5) is 23.1. The molecule has 1 amide bonds. The van der Waals surface area contributed by atoms with Crippen LogP contribution in [0.3, 0.4) is 0 Å². The van der Waals surface area contributed by atoms with Gasteiger partial charge in [0.2, 0.25) is 5.91 Å². The van der Waals surface area contributed by atoms with Gasteiger partial charge in [0, 0.05) is 19.0 Å². The number of aliphatic carboxylic acids is 1. The van der Waals surface area contributed by atoms with E-state index in [1.807, 2.05) is 6.92 Å². The van der Waals surface area contributed by atoms with E-state index < -0.39 is 22.2 Å². The topological polar surface area (TPSA) is 130 Å². The standard InChI is InChI=1S/C12H23N3O5S/c1-2-3-4-10(12(17)18)14-11(16)9-5-7-15(8-6-9)21(13,19)20/h9-10H,2-8H2,1H3,(H,14,16)(H,17,18)(H2,13,19,20)/t10-/m0/s1. The van der Waals surface area contributed by atoms with E-state index in [-0.39, 0.29) is 24.9 Å². The predicted molar refractivity (Wildman–Crippen MR) is 76.5 cm³/mol. The molecule has 1 saturated heterocycles. The highest BCUT2D eigenvalue weighted by atomic mass is 32.2. The molecule has 0 aromatic rings. The Morgan fingerprint density at radius 2 is 1.95 bits per heavy atom. The van der Waals surface area contributed by atoms with Gasteiger partial charge in [0.05, 0.1) is 0 Å². The van der Waals surface area contributed by atoms with Crippen molar-refractivity contribution in [1.29, 1.82) is 0 Å². The lowest BCUT2D eigenvalue weighted by Gasteiger charge is -2.29. The minimum absolute atomic E-state index is 0.184. The average Bonchev–Trinajstić information content (AvgIpc) is 2.42. The molecule has 122 valence electrons. The molecule has 0 spiro atoms. The van der Waals surface area contributed by atoms with Crippen molar-refractivity contribution in [2.45, 2.75) is 45.1 Å². The lowest BCUT2D eigenvalue weighted by atomic mass is 9.96. The number of carboxylic acid groups (broad SMARTS) is 1. The summed E-state index contributed by atoms with van der Waals surface area (Å²) < 4.78 is 23.5. The molecule has 0 bridgehead atoms. The molecule has 0 aromatic heterocycles. The third-order valence-corrected chi connectivity index (χ3v) is 4.73. The second kappa shape index (κ2) is 7.71. The molecule has 0 unspecified atom stereocenters. The Kier molecular flexibility index (Phi) is 6.56. The summed E-state index contributed by atoms with van der Waals surface area (Å²) in [6.07, 6.45) is 2.67. The second-order valence-corrected chi connectivity index (χ2v) is 6.81. The van der Waals surface area contributed by atoms with Crippen molar-refractivity contribution in [3.05, 3.63) is 0 Å². The van der Waals surface area contributed by atoms with Crippen LogP contribution in [0.4, 0.5) is 0 Å². The number of carboxylic acids is 1. The molecule has 1 fully saturated rings. The van der Waals surface area contributed by atoms with E-state index in [1.54, 1.807) is 0 Å². The zero-order valence-corrected chi connectivity index (χ0v) is 12.9. The fraction of sp³-hybridized carbons (Fsp3) is 0.833. The van der Waals surface area contributed by atoms with E-state index >= 15 is 0 Å². The molecule has 1 aliphatic heterocycles. The van der Waals surface area contributed by atoms with Crippen LogP contribution in [-0.4, -0.2) is 48.8 Å². The monoisotopic (exact) mass is 321 g/mol. The molecule has 1 atom stereocenters. The third-order valence-electron chi connectivity index (χ3n) is 3.65. The molecular weight excluding hydrogens is 298 g/mol. The number of hydrogen-bond donors (Lipinski definition) is 3. The molecule has 0 radical (unpaired) electrons. The van der Waals surface area contributed by atoms with E-state index in [1.165, 1.54) is 0 Å². The first kappa shape index (κ1) is 17.9. The maximum absolute atomic E-state index is 12.1. The van der Waals surface area contributed by atoms with Crippen LogP contribution in [0.1, 0.15) is 39.0 Å². The number of unbranched alkanes of at least 4 members (excludes halogenated alkanes) is 1. The van der Waals surface area contributed by atoms with Gasteiger partial charge in [0.25, 0.3) is 10.2 Å². The molecular formula is C12H23N3O5S. The van der Waals surface area contributed by atoms with Crippen molar-refractivity contribution in [3.8, 4) is 0 Å². The minimum Gasteiger partial charge on any atom is -0.480 e. The van der Waals surface area contributed by atoms with Gasteiger partial charge in [-0.05, 0) is 19.3 Å². The summed E-state index contributed by atoms with van der Waals surface area (Å²) in [7, 11) is -3.72.